The third kappa shape index (κ3) is 8.13. The van der Waals surface area contributed by atoms with Crippen LogP contribution in [-0.4, -0.2) is 128 Å². The number of amides is 2. The maximum absolute atomic E-state index is 14.1. The van der Waals surface area contributed by atoms with Gasteiger partial charge in [-0.1, -0.05) is 17.7 Å². The van der Waals surface area contributed by atoms with E-state index in [0.29, 0.717) is 65.5 Å². The summed E-state index contributed by atoms with van der Waals surface area (Å²) in [5, 5.41) is 15.3. The number of esters is 1. The van der Waals surface area contributed by atoms with E-state index in [1.165, 1.54) is 60.9 Å². The predicted molar refractivity (Wildman–Crippen MR) is 214 cm³/mol. The summed E-state index contributed by atoms with van der Waals surface area (Å²) < 4.78 is 57.8. The van der Waals surface area contributed by atoms with Crippen molar-refractivity contribution in [3.05, 3.63) is 111 Å². The molecule has 16 nitrogen and oxygen atoms in total. The average Bonchev–Trinajstić information content (AvgIpc) is 3.89. The minimum Gasteiger partial charge on any atom is -0.480 e. The number of amidine groups is 1. The zero-order chi connectivity index (χ0) is 41.4. The average molecular weight is 866 g/mol. The Bertz CT molecular complexity index is 2440. The molecule has 0 bridgehead atoms. The van der Waals surface area contributed by atoms with Crippen LogP contribution < -0.4 is 15.0 Å². The molecule has 3 aromatic carbocycles. The molecule has 0 saturated carbocycles. The number of hydrogen-bond acceptors (Lipinski definition) is 13. The molecule has 2 N–H and O–H groups in total. The Hall–Kier alpha value is -5.44. The van der Waals surface area contributed by atoms with E-state index in [2.05, 4.69) is 15.2 Å². The van der Waals surface area contributed by atoms with E-state index in [-0.39, 0.29) is 53.9 Å². The van der Waals surface area contributed by atoms with E-state index in [9.17, 15) is 32.3 Å². The van der Waals surface area contributed by atoms with Gasteiger partial charge in [-0.15, -0.1) is 11.3 Å². The number of fused-ring (bicyclic) bond motifs is 1. The number of aliphatic imine (C=N–C) groups is 1. The summed E-state index contributed by atoms with van der Waals surface area (Å²) in [4.78, 5) is 53.6. The van der Waals surface area contributed by atoms with Crippen LogP contribution in [0.4, 0.5) is 14.9 Å². The van der Waals surface area contributed by atoms with Gasteiger partial charge in [0.2, 0.25) is 10.0 Å². The number of methoxy groups -OCH3 is 1. The first-order chi connectivity index (χ1) is 28.4. The first-order valence-electron chi connectivity index (χ1n) is 18.4. The number of carbonyl (C=O) groups excluding carboxylic acids is 2. The third-order valence-electron chi connectivity index (χ3n) is 10.4. The number of carboxylic acids is 1. The van der Waals surface area contributed by atoms with Crippen LogP contribution in [0.5, 0.6) is 11.5 Å². The van der Waals surface area contributed by atoms with Gasteiger partial charge in [0.15, 0.2) is 10.8 Å². The number of hydrogen-bond donors (Lipinski definition) is 2. The summed E-state index contributed by atoms with van der Waals surface area (Å²) in [6.45, 7) is 1.95. The molecule has 20 heteroatoms. The fraction of sp³-hybridized carbons (Fsp3) is 0.308. The number of aliphatic carboxylic acids is 1. The van der Waals surface area contributed by atoms with Crippen LogP contribution in [0.1, 0.15) is 16.6 Å². The number of urea groups is 1. The normalized spacial score (nSPS) is 21.5. The molecule has 0 unspecified atom stereocenters. The number of morpholine rings is 1. The lowest BCUT2D eigenvalue weighted by molar-refractivity contribution is -0.146. The van der Waals surface area contributed by atoms with Crippen molar-refractivity contribution in [2.45, 2.75) is 23.0 Å². The Balaban J connectivity index is 0.947. The minimum absolute atomic E-state index is 0.0695. The van der Waals surface area contributed by atoms with E-state index in [0.717, 1.165) is 4.31 Å². The number of benzene rings is 3. The smallest absolute Gasteiger partial charge is 0.338 e. The van der Waals surface area contributed by atoms with Gasteiger partial charge < -0.3 is 29.5 Å². The molecule has 2 amide bonds. The van der Waals surface area contributed by atoms with E-state index in [4.69, 9.17) is 30.8 Å². The van der Waals surface area contributed by atoms with Crippen molar-refractivity contribution in [1.29, 1.82) is 0 Å². The quantitative estimate of drug-likeness (QED) is 0.204. The van der Waals surface area contributed by atoms with Crippen molar-refractivity contribution >= 4 is 62.5 Å². The number of carbonyl (C=O) groups is 3. The number of aromatic nitrogens is 1. The molecule has 1 aromatic heterocycles. The summed E-state index contributed by atoms with van der Waals surface area (Å²) >= 11 is 7.88. The van der Waals surface area contributed by atoms with E-state index >= 15 is 0 Å². The summed E-state index contributed by atoms with van der Waals surface area (Å²) in [5.74, 6) is -1.17. The molecule has 4 aliphatic heterocycles. The number of sulfonamides is 1. The van der Waals surface area contributed by atoms with Crippen LogP contribution >= 0.6 is 22.9 Å². The van der Waals surface area contributed by atoms with Crippen molar-refractivity contribution in [2.24, 2.45) is 4.99 Å². The van der Waals surface area contributed by atoms with Crippen LogP contribution in [0.15, 0.2) is 99.5 Å². The molecule has 4 aromatic rings. The highest BCUT2D eigenvalue weighted by atomic mass is 35.5. The predicted octanol–water partition coefficient (Wildman–Crippen LogP) is 4.35. The molecule has 0 radical (unpaired) electrons. The number of anilines is 1. The number of carboxylic acid groups (broad SMARTS) is 1. The fourth-order valence-corrected chi connectivity index (χ4v) is 9.95. The van der Waals surface area contributed by atoms with Crippen molar-refractivity contribution < 1.29 is 46.5 Å². The highest BCUT2D eigenvalue weighted by molar-refractivity contribution is 7.89. The Morgan fingerprint density at radius 1 is 1.05 bits per heavy atom. The van der Waals surface area contributed by atoms with Crippen molar-refractivity contribution in [2.75, 3.05) is 64.5 Å². The maximum Gasteiger partial charge on any atom is 0.338 e. The topological polar surface area (TPSA) is 184 Å². The highest BCUT2D eigenvalue weighted by Crippen LogP contribution is 2.38. The second-order valence-electron chi connectivity index (χ2n) is 14.0. The molecule has 3 atom stereocenters. The summed E-state index contributed by atoms with van der Waals surface area (Å²) in [5.41, 5.74) is 1.87. The Labute approximate surface area is 347 Å². The summed E-state index contributed by atoms with van der Waals surface area (Å²) in [7, 11) is -2.81. The molecule has 59 heavy (non-hydrogen) atoms. The van der Waals surface area contributed by atoms with E-state index in [1.54, 1.807) is 35.4 Å². The van der Waals surface area contributed by atoms with Gasteiger partial charge in [0, 0.05) is 72.8 Å². The summed E-state index contributed by atoms with van der Waals surface area (Å²) in [6.07, 6.45) is 1.65. The second kappa shape index (κ2) is 16.7. The Morgan fingerprint density at radius 2 is 1.80 bits per heavy atom. The van der Waals surface area contributed by atoms with Gasteiger partial charge in [0.1, 0.15) is 29.4 Å². The first kappa shape index (κ1) is 40.3. The molecule has 8 rings (SSSR count). The van der Waals surface area contributed by atoms with E-state index in [1.807, 2.05) is 10.3 Å². The molecule has 4 aliphatic rings. The standard InChI is InChI=1S/C39H37ClFN7O9S2/c1-55-38(51)33-31(43-35(36-42-12-17-58-36)44-34(33)29-11-2-23(41)18-30(29)40)21-45-13-14-46-25(19-45)20-47(39(46)52)24-3-5-26(6-4-24)57-27-7-9-28(10-8-27)59(53,54)48-15-16-56-22-32(48)37(49)50/h2-12,17-18,25,32,34H,13-16,19-22H2,1H3,(H,43,44)(H,49,50)/t25-,32-,34-/m0/s1. The number of thiazole rings is 1. The van der Waals surface area contributed by atoms with Crippen LogP contribution in [0.3, 0.4) is 0 Å². The van der Waals surface area contributed by atoms with E-state index < -0.39 is 39.9 Å². The van der Waals surface area contributed by atoms with Gasteiger partial charge in [0.05, 0.1) is 36.8 Å². The van der Waals surface area contributed by atoms with Gasteiger partial charge in [-0.25, -0.2) is 27.4 Å². The van der Waals surface area contributed by atoms with Gasteiger partial charge in [-0.3, -0.25) is 19.6 Å². The zero-order valence-electron chi connectivity index (χ0n) is 31.4. The largest absolute Gasteiger partial charge is 0.480 e. The molecular weight excluding hydrogens is 829 g/mol. The molecule has 308 valence electrons. The van der Waals surface area contributed by atoms with Crippen LogP contribution in [0.25, 0.3) is 0 Å². The number of ether oxygens (including phenoxy) is 3. The summed E-state index contributed by atoms with van der Waals surface area (Å²) in [6, 6.07) is 14.1. The second-order valence-corrected chi connectivity index (χ2v) is 17.2. The highest BCUT2D eigenvalue weighted by Gasteiger charge is 2.43. The molecule has 0 aliphatic carbocycles. The van der Waals surface area contributed by atoms with Crippen LogP contribution in [-0.2, 0) is 29.1 Å². The monoisotopic (exact) mass is 865 g/mol. The van der Waals surface area contributed by atoms with Crippen LogP contribution in [0.2, 0.25) is 5.02 Å². The number of halogens is 2. The van der Waals surface area contributed by atoms with Gasteiger partial charge >= 0.3 is 18.0 Å². The van der Waals surface area contributed by atoms with Crippen molar-refractivity contribution in [3.8, 4) is 11.5 Å². The number of nitrogens with one attached hydrogen (secondary N) is 1. The maximum atomic E-state index is 14.1. The van der Waals surface area contributed by atoms with Gasteiger partial charge in [-0.2, -0.15) is 4.31 Å². The number of nitrogens with zero attached hydrogens (tertiary/aromatic N) is 6. The first-order valence-corrected chi connectivity index (χ1v) is 21.1. The van der Waals surface area contributed by atoms with Gasteiger partial charge in [-0.05, 0) is 60.7 Å². The van der Waals surface area contributed by atoms with Crippen molar-refractivity contribution in [1.82, 2.24) is 24.4 Å². The van der Waals surface area contributed by atoms with Crippen molar-refractivity contribution in [3.63, 3.8) is 0 Å². The zero-order valence-corrected chi connectivity index (χ0v) is 33.8. The molecule has 0 spiro atoms. The lowest BCUT2D eigenvalue weighted by Gasteiger charge is -2.38. The lowest BCUT2D eigenvalue weighted by atomic mass is 9.95. The molecule has 3 fully saturated rings. The van der Waals surface area contributed by atoms with Gasteiger partial charge in [0.25, 0.3) is 0 Å². The SMILES string of the molecule is COC(=O)C1=C(CN2CCN3C(=O)N(c4ccc(Oc5ccc(S(=O)(=O)N6CCOC[C@H]6C(=O)O)cc5)cc4)C[C@@H]3C2)NC(c2nccs2)=N[C@H]1c1ccc(F)cc1Cl. The number of rotatable bonds is 11. The third-order valence-corrected chi connectivity index (χ3v) is 13.5. The Kier molecular flexibility index (Phi) is 11.4. The fourth-order valence-electron chi connectivity index (χ4n) is 7.54. The number of piperazine rings is 1. The molecule has 3 saturated heterocycles. The molecule has 5 heterocycles. The minimum atomic E-state index is -4.09. The molecular formula is C39H37ClFN7O9S2. The Morgan fingerprint density at radius 3 is 2.47 bits per heavy atom. The van der Waals surface area contributed by atoms with Crippen LogP contribution in [0, 0.1) is 5.82 Å². The lowest BCUT2D eigenvalue weighted by Crippen LogP contribution is -2.53.